The molecule has 0 spiro atoms. The number of rotatable bonds is 8. The second-order valence-electron chi connectivity index (χ2n) is 7.25. The Morgan fingerprint density at radius 3 is 2.73 bits per heavy atom. The number of aliphatic imine (C=N–C) groups is 1. The maximum Gasteiger partial charge on any atom is 0.222 e. The summed E-state index contributed by atoms with van der Waals surface area (Å²) in [5, 5.41) is 6.73. The highest BCUT2D eigenvalue weighted by Crippen LogP contribution is 2.19. The number of amides is 1. The molecule has 2 N–H and O–H groups in total. The Balaban J connectivity index is 1.97. The van der Waals surface area contributed by atoms with E-state index in [1.807, 2.05) is 16.7 Å². The number of benzene rings is 1. The molecule has 26 heavy (non-hydrogen) atoms. The Bertz CT molecular complexity index is 630. The Morgan fingerprint density at radius 2 is 2.08 bits per heavy atom. The molecule has 1 aliphatic rings. The van der Waals surface area contributed by atoms with E-state index in [4.69, 9.17) is 4.99 Å². The number of hydrogen-bond acceptors (Lipinski definition) is 3. The van der Waals surface area contributed by atoms with Crippen molar-refractivity contribution in [2.45, 2.75) is 51.4 Å². The van der Waals surface area contributed by atoms with Crippen LogP contribution in [0.1, 0.15) is 44.7 Å². The van der Waals surface area contributed by atoms with Crippen LogP contribution in [0, 0.1) is 0 Å². The highest BCUT2D eigenvalue weighted by molar-refractivity contribution is 7.99. The Morgan fingerprint density at radius 1 is 1.31 bits per heavy atom. The van der Waals surface area contributed by atoms with Gasteiger partial charge in [-0.3, -0.25) is 4.79 Å². The monoisotopic (exact) mass is 376 g/mol. The van der Waals surface area contributed by atoms with Crippen LogP contribution in [0.5, 0.6) is 0 Å². The van der Waals surface area contributed by atoms with Crippen molar-refractivity contribution in [2.75, 3.05) is 25.9 Å². The third kappa shape index (κ3) is 6.56. The van der Waals surface area contributed by atoms with Gasteiger partial charge in [-0.15, -0.1) is 0 Å². The standard InChI is InChI=1S/C20H32N4OS/c1-5-21-19(23-15-20(2,3)26-4)22-13-16-8-6-9-17(12-16)14-24-11-7-10-18(24)25/h6,8-9,12H,5,7,10-11,13-15H2,1-4H3,(H2,21,22,23). The second-order valence-corrected chi connectivity index (χ2v) is 8.76. The molecular formula is C20H32N4OS. The molecule has 0 radical (unpaired) electrons. The van der Waals surface area contributed by atoms with Gasteiger partial charge in [0.1, 0.15) is 0 Å². The summed E-state index contributed by atoms with van der Waals surface area (Å²) in [5.74, 6) is 1.11. The molecule has 0 aromatic heterocycles. The molecular weight excluding hydrogens is 344 g/mol. The number of thioether (sulfide) groups is 1. The zero-order chi connectivity index (χ0) is 19.0. The zero-order valence-corrected chi connectivity index (χ0v) is 17.3. The van der Waals surface area contributed by atoms with Crippen molar-refractivity contribution in [3.05, 3.63) is 35.4 Å². The van der Waals surface area contributed by atoms with Crippen LogP contribution in [-0.4, -0.2) is 47.4 Å². The summed E-state index contributed by atoms with van der Waals surface area (Å²) < 4.78 is 0.165. The lowest BCUT2D eigenvalue weighted by Gasteiger charge is -2.23. The van der Waals surface area contributed by atoms with Crippen LogP contribution in [0.4, 0.5) is 0 Å². The molecule has 144 valence electrons. The number of likely N-dealkylation sites (tertiary alicyclic amines) is 1. The van der Waals surface area contributed by atoms with E-state index in [9.17, 15) is 4.79 Å². The van der Waals surface area contributed by atoms with Crippen LogP contribution in [0.25, 0.3) is 0 Å². The van der Waals surface area contributed by atoms with Gasteiger partial charge >= 0.3 is 0 Å². The van der Waals surface area contributed by atoms with Gasteiger partial charge in [-0.2, -0.15) is 11.8 Å². The lowest BCUT2D eigenvalue weighted by molar-refractivity contribution is -0.128. The predicted molar refractivity (Wildman–Crippen MR) is 112 cm³/mol. The number of hydrogen-bond donors (Lipinski definition) is 2. The summed E-state index contributed by atoms with van der Waals surface area (Å²) in [6.07, 6.45) is 3.80. The molecule has 0 atom stereocenters. The number of nitrogens with zero attached hydrogens (tertiary/aromatic N) is 2. The Labute approximate surface area is 162 Å². The van der Waals surface area contributed by atoms with E-state index >= 15 is 0 Å². The van der Waals surface area contributed by atoms with E-state index in [0.29, 0.717) is 19.5 Å². The van der Waals surface area contributed by atoms with Crippen LogP contribution < -0.4 is 10.6 Å². The first-order valence-electron chi connectivity index (χ1n) is 9.36. The summed E-state index contributed by atoms with van der Waals surface area (Å²) >= 11 is 1.84. The average Bonchev–Trinajstić information content (AvgIpc) is 3.02. The van der Waals surface area contributed by atoms with Gasteiger partial charge in [0.25, 0.3) is 0 Å². The van der Waals surface area contributed by atoms with Gasteiger partial charge in [-0.05, 0) is 44.6 Å². The van der Waals surface area contributed by atoms with Gasteiger partial charge in [0, 0.05) is 37.3 Å². The summed E-state index contributed by atoms with van der Waals surface area (Å²) in [6.45, 7) is 10.4. The predicted octanol–water partition coefficient (Wildman–Crippen LogP) is 3.01. The SMILES string of the molecule is CCNC(=NCc1cccc(CN2CCCC2=O)c1)NCC(C)(C)SC. The third-order valence-corrected chi connectivity index (χ3v) is 5.78. The first-order valence-corrected chi connectivity index (χ1v) is 10.6. The Hall–Kier alpha value is -1.69. The van der Waals surface area contributed by atoms with Crippen molar-refractivity contribution < 1.29 is 4.79 Å². The number of guanidine groups is 1. The smallest absolute Gasteiger partial charge is 0.222 e. The van der Waals surface area contributed by atoms with Gasteiger partial charge in [-0.1, -0.05) is 24.3 Å². The van der Waals surface area contributed by atoms with Crippen LogP contribution in [-0.2, 0) is 17.9 Å². The van der Waals surface area contributed by atoms with Crippen molar-refractivity contribution in [3.63, 3.8) is 0 Å². The third-order valence-electron chi connectivity index (χ3n) is 4.53. The lowest BCUT2D eigenvalue weighted by atomic mass is 10.1. The van der Waals surface area contributed by atoms with E-state index in [2.05, 4.69) is 61.9 Å². The minimum absolute atomic E-state index is 0.165. The number of nitrogens with one attached hydrogen (secondary N) is 2. The van der Waals surface area contributed by atoms with Crippen molar-refractivity contribution in [3.8, 4) is 0 Å². The lowest BCUT2D eigenvalue weighted by Crippen LogP contribution is -2.43. The minimum Gasteiger partial charge on any atom is -0.357 e. The van der Waals surface area contributed by atoms with E-state index in [0.717, 1.165) is 37.6 Å². The molecule has 1 heterocycles. The van der Waals surface area contributed by atoms with Crippen molar-refractivity contribution >= 4 is 23.6 Å². The van der Waals surface area contributed by atoms with Gasteiger partial charge in [0.05, 0.1) is 6.54 Å². The van der Waals surface area contributed by atoms with Crippen LogP contribution in [0.3, 0.4) is 0 Å². The molecule has 0 aliphatic carbocycles. The highest BCUT2D eigenvalue weighted by Gasteiger charge is 2.20. The molecule has 2 rings (SSSR count). The van der Waals surface area contributed by atoms with Crippen LogP contribution in [0.15, 0.2) is 29.3 Å². The number of carbonyl (C=O) groups is 1. The van der Waals surface area contributed by atoms with Gasteiger partial charge in [0.2, 0.25) is 5.91 Å². The van der Waals surface area contributed by atoms with E-state index < -0.39 is 0 Å². The van der Waals surface area contributed by atoms with Crippen molar-refractivity contribution in [1.82, 2.24) is 15.5 Å². The number of carbonyl (C=O) groups excluding carboxylic acids is 1. The highest BCUT2D eigenvalue weighted by atomic mass is 32.2. The van der Waals surface area contributed by atoms with Gasteiger partial charge in [0.15, 0.2) is 5.96 Å². The summed E-state index contributed by atoms with van der Waals surface area (Å²) in [7, 11) is 0. The molecule has 1 fully saturated rings. The van der Waals surface area contributed by atoms with Gasteiger partial charge < -0.3 is 15.5 Å². The molecule has 1 saturated heterocycles. The topological polar surface area (TPSA) is 56.7 Å². The van der Waals surface area contributed by atoms with Gasteiger partial charge in [-0.25, -0.2) is 4.99 Å². The minimum atomic E-state index is 0.165. The first kappa shape index (κ1) is 20.6. The normalized spacial score (nSPS) is 15.5. The second kappa shape index (κ2) is 9.86. The first-order chi connectivity index (χ1) is 12.4. The van der Waals surface area contributed by atoms with E-state index in [-0.39, 0.29) is 10.7 Å². The molecule has 1 aliphatic heterocycles. The maximum absolute atomic E-state index is 11.8. The molecule has 1 amide bonds. The quantitative estimate of drug-likeness (QED) is 0.541. The molecule has 5 nitrogen and oxygen atoms in total. The van der Waals surface area contributed by atoms with Crippen molar-refractivity contribution in [2.24, 2.45) is 4.99 Å². The fourth-order valence-corrected chi connectivity index (χ4v) is 3.02. The maximum atomic E-state index is 11.8. The van der Waals surface area contributed by atoms with Crippen molar-refractivity contribution in [1.29, 1.82) is 0 Å². The fraction of sp³-hybridized carbons (Fsp3) is 0.600. The fourth-order valence-electron chi connectivity index (χ4n) is 2.80. The van der Waals surface area contributed by atoms with Crippen LogP contribution in [0.2, 0.25) is 0 Å². The van der Waals surface area contributed by atoms with E-state index in [1.165, 1.54) is 5.56 Å². The largest absolute Gasteiger partial charge is 0.357 e. The average molecular weight is 377 g/mol. The van der Waals surface area contributed by atoms with E-state index in [1.54, 1.807) is 0 Å². The summed E-state index contributed by atoms with van der Waals surface area (Å²) in [5.41, 5.74) is 2.34. The molecule has 0 bridgehead atoms. The molecule has 1 aromatic rings. The molecule has 0 unspecified atom stereocenters. The van der Waals surface area contributed by atoms with Crippen LogP contribution >= 0.6 is 11.8 Å². The Kier molecular flexibility index (Phi) is 7.82. The zero-order valence-electron chi connectivity index (χ0n) is 16.5. The summed E-state index contributed by atoms with van der Waals surface area (Å²) in [6, 6.07) is 8.39. The summed E-state index contributed by atoms with van der Waals surface area (Å²) in [4.78, 5) is 18.5. The molecule has 1 aromatic carbocycles. The molecule has 0 saturated carbocycles. The molecule has 6 heteroatoms.